The Morgan fingerprint density at radius 1 is 1.20 bits per heavy atom. The van der Waals surface area contributed by atoms with Gasteiger partial charge in [-0.05, 0) is 18.2 Å². The van der Waals surface area contributed by atoms with Gasteiger partial charge >= 0.3 is 0 Å². The number of benzene rings is 1. The summed E-state index contributed by atoms with van der Waals surface area (Å²) in [6, 6.07) is 5.80. The number of halogens is 2. The fourth-order valence-corrected chi connectivity index (χ4v) is 2.94. The van der Waals surface area contributed by atoms with Gasteiger partial charge in [-0.1, -0.05) is 11.6 Å². The Balaban J connectivity index is 1.81. The Labute approximate surface area is 128 Å². The summed E-state index contributed by atoms with van der Waals surface area (Å²) in [5.74, 6) is 1.31. The minimum Gasteiger partial charge on any atom is -0.379 e. The highest BCUT2D eigenvalue weighted by molar-refractivity contribution is 6.31. The lowest BCUT2D eigenvalue weighted by Gasteiger charge is -2.26. The Hall–Kier alpha value is -0.810. The number of rotatable bonds is 4. The Morgan fingerprint density at radius 2 is 2.00 bits per heavy atom. The van der Waals surface area contributed by atoms with Crippen LogP contribution >= 0.6 is 23.2 Å². The number of ether oxygens (including phenoxy) is 1. The molecule has 1 saturated heterocycles. The van der Waals surface area contributed by atoms with Crippen LogP contribution in [0.1, 0.15) is 5.82 Å². The molecule has 0 unspecified atom stereocenters. The van der Waals surface area contributed by atoms with Crippen LogP contribution in [0.5, 0.6) is 0 Å². The largest absolute Gasteiger partial charge is 0.379 e. The van der Waals surface area contributed by atoms with Crippen molar-refractivity contribution < 1.29 is 4.74 Å². The van der Waals surface area contributed by atoms with Crippen molar-refractivity contribution in [1.29, 1.82) is 0 Å². The summed E-state index contributed by atoms with van der Waals surface area (Å²) >= 11 is 12.0. The van der Waals surface area contributed by atoms with E-state index in [1.54, 1.807) is 0 Å². The van der Waals surface area contributed by atoms with Crippen molar-refractivity contribution in [2.45, 2.75) is 12.4 Å². The summed E-state index contributed by atoms with van der Waals surface area (Å²) < 4.78 is 7.56. The first-order valence-corrected chi connectivity index (χ1v) is 7.70. The molecule has 0 spiro atoms. The van der Waals surface area contributed by atoms with Gasteiger partial charge in [0.1, 0.15) is 5.82 Å². The molecular weight excluding hydrogens is 297 g/mol. The van der Waals surface area contributed by atoms with Gasteiger partial charge in [0.25, 0.3) is 0 Å². The van der Waals surface area contributed by atoms with Gasteiger partial charge in [-0.2, -0.15) is 0 Å². The molecule has 20 heavy (non-hydrogen) atoms. The molecular formula is C14H17Cl2N3O. The maximum atomic E-state index is 6.02. The minimum absolute atomic E-state index is 0.412. The number of alkyl halides is 1. The fraction of sp³-hybridized carbons (Fsp3) is 0.500. The van der Waals surface area contributed by atoms with Gasteiger partial charge < -0.3 is 9.30 Å². The van der Waals surface area contributed by atoms with Crippen molar-refractivity contribution in [1.82, 2.24) is 14.5 Å². The van der Waals surface area contributed by atoms with E-state index < -0.39 is 0 Å². The molecule has 0 bridgehead atoms. The van der Waals surface area contributed by atoms with E-state index in [4.69, 9.17) is 27.9 Å². The van der Waals surface area contributed by atoms with Gasteiger partial charge in [0.05, 0.1) is 30.1 Å². The number of hydrogen-bond donors (Lipinski definition) is 0. The third kappa shape index (κ3) is 2.93. The van der Waals surface area contributed by atoms with E-state index >= 15 is 0 Å². The molecule has 0 radical (unpaired) electrons. The van der Waals surface area contributed by atoms with Gasteiger partial charge in [-0.15, -0.1) is 11.6 Å². The normalized spacial score (nSPS) is 16.9. The van der Waals surface area contributed by atoms with Crippen LogP contribution in [0.3, 0.4) is 0 Å². The zero-order valence-electron chi connectivity index (χ0n) is 11.2. The maximum absolute atomic E-state index is 6.02. The predicted octanol–water partition coefficient (Wildman–Crippen LogP) is 2.76. The summed E-state index contributed by atoms with van der Waals surface area (Å²) in [7, 11) is 0. The van der Waals surface area contributed by atoms with Crippen LogP contribution in [0, 0.1) is 0 Å². The molecule has 2 aromatic rings. The van der Waals surface area contributed by atoms with Gasteiger partial charge in [0, 0.05) is 31.2 Å². The second-order valence-corrected chi connectivity index (χ2v) is 5.60. The van der Waals surface area contributed by atoms with Crippen LogP contribution in [0.15, 0.2) is 18.2 Å². The van der Waals surface area contributed by atoms with Gasteiger partial charge in [0.15, 0.2) is 0 Å². The van der Waals surface area contributed by atoms with Crippen LogP contribution in [-0.2, 0) is 17.2 Å². The van der Waals surface area contributed by atoms with Crippen LogP contribution in [0.25, 0.3) is 11.0 Å². The lowest BCUT2D eigenvalue weighted by Crippen LogP contribution is -2.38. The molecule has 1 aliphatic rings. The highest BCUT2D eigenvalue weighted by Crippen LogP contribution is 2.21. The molecule has 0 aliphatic carbocycles. The Bertz CT molecular complexity index is 593. The lowest BCUT2D eigenvalue weighted by atomic mass is 10.3. The molecule has 108 valence electrons. The molecule has 1 aliphatic heterocycles. The molecule has 6 heteroatoms. The topological polar surface area (TPSA) is 30.3 Å². The second-order valence-electron chi connectivity index (χ2n) is 4.90. The monoisotopic (exact) mass is 313 g/mol. The van der Waals surface area contributed by atoms with E-state index in [0.29, 0.717) is 10.9 Å². The zero-order chi connectivity index (χ0) is 13.9. The SMILES string of the molecule is ClCc1nc2cc(Cl)ccc2n1CCN1CCOCC1. The smallest absolute Gasteiger partial charge is 0.124 e. The lowest BCUT2D eigenvalue weighted by molar-refractivity contribution is 0.0364. The molecule has 0 atom stereocenters. The fourth-order valence-electron chi connectivity index (χ4n) is 2.57. The third-order valence-corrected chi connectivity index (χ3v) is 4.13. The number of nitrogens with zero attached hydrogens (tertiary/aromatic N) is 3. The van der Waals surface area contributed by atoms with E-state index in [9.17, 15) is 0 Å². The van der Waals surface area contributed by atoms with Gasteiger partial charge in [-0.25, -0.2) is 4.98 Å². The minimum atomic E-state index is 0.412. The summed E-state index contributed by atoms with van der Waals surface area (Å²) in [4.78, 5) is 6.97. The standard InChI is InChI=1S/C14H17Cl2N3O/c15-10-14-17-12-9-11(16)1-2-13(12)19(14)4-3-18-5-7-20-8-6-18/h1-2,9H,3-8,10H2. The average Bonchev–Trinajstić information content (AvgIpc) is 2.83. The Kier molecular flexibility index (Phi) is 4.46. The molecule has 0 N–H and O–H groups in total. The average molecular weight is 314 g/mol. The molecule has 4 nitrogen and oxygen atoms in total. The number of imidazole rings is 1. The molecule has 1 fully saturated rings. The first-order valence-electron chi connectivity index (χ1n) is 6.78. The van der Waals surface area contributed by atoms with E-state index in [2.05, 4.69) is 14.5 Å². The van der Waals surface area contributed by atoms with Crippen molar-refractivity contribution in [3.05, 3.63) is 29.0 Å². The quantitative estimate of drug-likeness (QED) is 0.813. The summed E-state index contributed by atoms with van der Waals surface area (Å²) in [5, 5.41) is 0.705. The van der Waals surface area contributed by atoms with Crippen molar-refractivity contribution in [2.24, 2.45) is 0 Å². The van der Waals surface area contributed by atoms with Crippen molar-refractivity contribution >= 4 is 34.2 Å². The number of fused-ring (bicyclic) bond motifs is 1. The maximum Gasteiger partial charge on any atom is 0.124 e. The molecule has 1 aromatic carbocycles. The summed E-state index contributed by atoms with van der Waals surface area (Å²) in [6.07, 6.45) is 0. The first kappa shape index (κ1) is 14.1. The molecule has 0 amide bonds. The first-order chi connectivity index (χ1) is 9.78. The number of hydrogen-bond acceptors (Lipinski definition) is 3. The van der Waals surface area contributed by atoms with Gasteiger partial charge in [0.2, 0.25) is 0 Å². The third-order valence-electron chi connectivity index (χ3n) is 3.65. The van der Waals surface area contributed by atoms with Crippen molar-refractivity contribution in [2.75, 3.05) is 32.8 Å². The predicted molar refractivity (Wildman–Crippen MR) is 81.6 cm³/mol. The second kappa shape index (κ2) is 6.31. The van der Waals surface area contributed by atoms with E-state index in [1.807, 2.05) is 18.2 Å². The van der Waals surface area contributed by atoms with Crippen LogP contribution in [0.4, 0.5) is 0 Å². The molecule has 0 saturated carbocycles. The van der Waals surface area contributed by atoms with Crippen molar-refractivity contribution in [3.63, 3.8) is 0 Å². The van der Waals surface area contributed by atoms with Crippen LogP contribution in [-0.4, -0.2) is 47.3 Å². The molecule has 2 heterocycles. The molecule has 1 aromatic heterocycles. The van der Waals surface area contributed by atoms with Gasteiger partial charge in [-0.3, -0.25) is 4.90 Å². The number of aromatic nitrogens is 2. The van der Waals surface area contributed by atoms with Crippen LogP contribution in [0.2, 0.25) is 5.02 Å². The zero-order valence-corrected chi connectivity index (χ0v) is 12.7. The molecule has 3 rings (SSSR count). The van der Waals surface area contributed by atoms with E-state index in [1.165, 1.54) is 0 Å². The summed E-state index contributed by atoms with van der Waals surface area (Å²) in [6.45, 7) is 5.51. The summed E-state index contributed by atoms with van der Waals surface area (Å²) in [5.41, 5.74) is 2.01. The number of morpholine rings is 1. The van der Waals surface area contributed by atoms with E-state index in [-0.39, 0.29) is 0 Å². The van der Waals surface area contributed by atoms with Crippen LogP contribution < -0.4 is 0 Å². The highest BCUT2D eigenvalue weighted by Gasteiger charge is 2.14. The highest BCUT2D eigenvalue weighted by atomic mass is 35.5. The van der Waals surface area contributed by atoms with E-state index in [0.717, 1.165) is 56.3 Å². The Morgan fingerprint density at radius 3 is 2.75 bits per heavy atom. The van der Waals surface area contributed by atoms with Crippen molar-refractivity contribution in [3.8, 4) is 0 Å².